The standard InChI is InChI=1S/C68H127NO13/c1-3-5-7-9-11-13-15-17-19-21-23-25-26-27-28-29-30-32-34-36-38-40-42-44-46-48-50-52-60(73)69-56(57(72)51-49-47-45-43-41-39-37-35-33-31-24-22-20-18-16-14-12-10-8-6-4-2)55-79-67-65(78)63(76)66(59(54-71)81-67)82-68-64(77)62(75)61(74)58(53-70)80-68/h21,23,41,43,49,51,56-59,61-68,70-72,74-78H,3-20,22,24-40,42,44-48,50,52-55H2,1-2H3,(H,69,73)/b23-21-,43-41+,51-49+. The molecule has 14 heteroatoms. The fourth-order valence-electron chi connectivity index (χ4n) is 11.3. The molecule has 9 N–H and O–H groups in total. The smallest absolute Gasteiger partial charge is 0.220 e. The SMILES string of the molecule is CCCCCCCCCC/C=C\CCCCCCCCCCCCCCCCCC(=O)NC(COC1OC(CO)C(OC2OC(CO)C(O)C(O)C2O)C(O)C1O)C(O)/C=C/CC/C=C/CCCCCCCCCCCCCCCCC. The lowest BCUT2D eigenvalue weighted by molar-refractivity contribution is -0.359. The van der Waals surface area contributed by atoms with Gasteiger partial charge >= 0.3 is 0 Å². The highest BCUT2D eigenvalue weighted by atomic mass is 16.7. The average molecular weight is 1170 g/mol. The van der Waals surface area contributed by atoms with Gasteiger partial charge in [0.2, 0.25) is 5.91 Å². The largest absolute Gasteiger partial charge is 0.394 e. The van der Waals surface area contributed by atoms with Crippen LogP contribution in [-0.4, -0.2) is 140 Å². The van der Waals surface area contributed by atoms with Crippen LogP contribution in [0.25, 0.3) is 0 Å². The highest BCUT2D eigenvalue weighted by molar-refractivity contribution is 5.76. The molecule has 0 aromatic heterocycles. The van der Waals surface area contributed by atoms with Crippen LogP contribution >= 0.6 is 0 Å². The van der Waals surface area contributed by atoms with Crippen molar-refractivity contribution in [2.24, 2.45) is 0 Å². The lowest BCUT2D eigenvalue weighted by Crippen LogP contribution is -2.65. The number of amides is 1. The molecule has 0 bridgehead atoms. The number of ether oxygens (including phenoxy) is 4. The summed E-state index contributed by atoms with van der Waals surface area (Å²) in [7, 11) is 0. The summed E-state index contributed by atoms with van der Waals surface area (Å²) in [6.45, 7) is 2.82. The molecular formula is C68H127NO13. The van der Waals surface area contributed by atoms with Crippen molar-refractivity contribution < 1.29 is 64.6 Å². The molecule has 2 heterocycles. The summed E-state index contributed by atoms with van der Waals surface area (Å²) >= 11 is 0. The van der Waals surface area contributed by atoms with E-state index in [1.165, 1.54) is 231 Å². The minimum Gasteiger partial charge on any atom is -0.394 e. The molecule has 0 aromatic rings. The molecule has 2 aliphatic rings. The van der Waals surface area contributed by atoms with Crippen molar-refractivity contribution in [3.05, 3.63) is 36.5 Å². The van der Waals surface area contributed by atoms with Crippen LogP contribution in [0.15, 0.2) is 36.5 Å². The number of unbranched alkanes of at least 4 members (excludes halogenated alkanes) is 39. The molecule has 0 radical (unpaired) electrons. The molecule has 1 amide bonds. The first-order valence-corrected chi connectivity index (χ1v) is 34.2. The van der Waals surface area contributed by atoms with Gasteiger partial charge < -0.3 is 65.1 Å². The van der Waals surface area contributed by atoms with Gasteiger partial charge in [0, 0.05) is 6.42 Å². The van der Waals surface area contributed by atoms with Crippen LogP contribution in [0.4, 0.5) is 0 Å². The first-order chi connectivity index (χ1) is 40.1. The number of allylic oxidation sites excluding steroid dienone is 5. The maximum Gasteiger partial charge on any atom is 0.220 e. The number of hydrogen-bond acceptors (Lipinski definition) is 13. The molecule has 2 fully saturated rings. The highest BCUT2D eigenvalue weighted by Crippen LogP contribution is 2.30. The van der Waals surface area contributed by atoms with Crippen molar-refractivity contribution in [1.29, 1.82) is 0 Å². The summed E-state index contributed by atoms with van der Waals surface area (Å²) in [5.74, 6) is -0.245. The van der Waals surface area contributed by atoms with Crippen molar-refractivity contribution in [3.8, 4) is 0 Å². The molecule has 2 rings (SSSR count). The highest BCUT2D eigenvalue weighted by Gasteiger charge is 2.51. The Morgan fingerprint density at radius 1 is 0.427 bits per heavy atom. The van der Waals surface area contributed by atoms with Crippen LogP contribution in [-0.2, 0) is 23.7 Å². The molecule has 82 heavy (non-hydrogen) atoms. The minimum absolute atomic E-state index is 0.245. The van der Waals surface area contributed by atoms with Crippen molar-refractivity contribution in [2.45, 2.75) is 370 Å². The Balaban J connectivity index is 1.70. The van der Waals surface area contributed by atoms with Gasteiger partial charge in [0.25, 0.3) is 0 Å². The summed E-state index contributed by atoms with van der Waals surface area (Å²) in [6, 6.07) is -0.931. The second kappa shape index (κ2) is 53.4. The zero-order valence-electron chi connectivity index (χ0n) is 52.2. The van der Waals surface area contributed by atoms with E-state index in [9.17, 15) is 45.6 Å². The van der Waals surface area contributed by atoms with Crippen molar-refractivity contribution in [2.75, 3.05) is 19.8 Å². The number of aliphatic hydroxyl groups is 8. The van der Waals surface area contributed by atoms with E-state index in [-0.39, 0.29) is 18.9 Å². The molecule has 2 aliphatic heterocycles. The van der Waals surface area contributed by atoms with E-state index in [1.54, 1.807) is 6.08 Å². The molecule has 12 atom stereocenters. The van der Waals surface area contributed by atoms with E-state index >= 15 is 0 Å². The van der Waals surface area contributed by atoms with Gasteiger partial charge in [-0.05, 0) is 57.8 Å². The Bertz CT molecular complexity index is 1510. The van der Waals surface area contributed by atoms with E-state index in [0.717, 1.165) is 32.1 Å². The average Bonchev–Trinajstić information content (AvgIpc) is 3.67. The summed E-state index contributed by atoms with van der Waals surface area (Å²) < 4.78 is 22.8. The Labute approximate surface area is 500 Å². The summed E-state index contributed by atoms with van der Waals surface area (Å²) in [6.07, 6.45) is 50.6. The van der Waals surface area contributed by atoms with Gasteiger partial charge in [-0.25, -0.2) is 0 Å². The van der Waals surface area contributed by atoms with Crippen LogP contribution in [0.3, 0.4) is 0 Å². The number of carbonyl (C=O) groups is 1. The Kier molecular flexibility index (Phi) is 49.7. The molecule has 14 nitrogen and oxygen atoms in total. The first-order valence-electron chi connectivity index (χ1n) is 34.2. The fraction of sp³-hybridized carbons (Fsp3) is 0.897. The maximum absolute atomic E-state index is 13.3. The second-order valence-corrected chi connectivity index (χ2v) is 24.3. The topological polar surface area (TPSA) is 228 Å². The monoisotopic (exact) mass is 1170 g/mol. The molecule has 12 unspecified atom stereocenters. The van der Waals surface area contributed by atoms with Gasteiger partial charge in [0.1, 0.15) is 48.8 Å². The Morgan fingerprint density at radius 3 is 1.20 bits per heavy atom. The van der Waals surface area contributed by atoms with Crippen molar-refractivity contribution >= 4 is 5.91 Å². The van der Waals surface area contributed by atoms with E-state index in [4.69, 9.17) is 18.9 Å². The van der Waals surface area contributed by atoms with E-state index in [0.29, 0.717) is 12.8 Å². The normalized spacial score (nSPS) is 24.1. The molecule has 0 aliphatic carbocycles. The minimum atomic E-state index is -1.79. The Hall–Kier alpha value is -1.79. The summed E-state index contributed by atoms with van der Waals surface area (Å²) in [5, 5.41) is 87.3. The quantitative estimate of drug-likeness (QED) is 0.0204. The number of hydrogen-bond donors (Lipinski definition) is 9. The van der Waals surface area contributed by atoms with E-state index < -0.39 is 86.8 Å². The third-order valence-corrected chi connectivity index (χ3v) is 16.8. The van der Waals surface area contributed by atoms with Gasteiger partial charge in [-0.3, -0.25) is 4.79 Å². The van der Waals surface area contributed by atoms with Crippen LogP contribution in [0.5, 0.6) is 0 Å². The second-order valence-electron chi connectivity index (χ2n) is 24.3. The van der Waals surface area contributed by atoms with Gasteiger partial charge in [0.15, 0.2) is 12.6 Å². The molecule has 0 spiro atoms. The predicted molar refractivity (Wildman–Crippen MR) is 332 cm³/mol. The fourth-order valence-corrected chi connectivity index (χ4v) is 11.3. The Morgan fingerprint density at radius 2 is 0.780 bits per heavy atom. The van der Waals surface area contributed by atoms with Crippen molar-refractivity contribution in [1.82, 2.24) is 5.32 Å². The van der Waals surface area contributed by atoms with Crippen LogP contribution in [0.1, 0.15) is 296 Å². The third kappa shape index (κ3) is 37.7. The van der Waals surface area contributed by atoms with Crippen molar-refractivity contribution in [3.63, 3.8) is 0 Å². The number of nitrogens with one attached hydrogen (secondary N) is 1. The maximum atomic E-state index is 13.3. The van der Waals surface area contributed by atoms with Crippen LogP contribution < -0.4 is 5.32 Å². The molecule has 0 saturated carbocycles. The lowest BCUT2D eigenvalue weighted by Gasteiger charge is -2.46. The predicted octanol–water partition coefficient (Wildman–Crippen LogP) is 13.3. The number of carbonyl (C=O) groups excluding carboxylic acids is 1. The number of aliphatic hydroxyl groups excluding tert-OH is 8. The van der Waals surface area contributed by atoms with Crippen LogP contribution in [0, 0.1) is 0 Å². The van der Waals surface area contributed by atoms with E-state index in [1.807, 2.05) is 6.08 Å². The molecular weight excluding hydrogens is 1040 g/mol. The van der Waals surface area contributed by atoms with E-state index in [2.05, 4.69) is 43.5 Å². The molecule has 0 aromatic carbocycles. The summed E-state index contributed by atoms with van der Waals surface area (Å²) in [4.78, 5) is 13.3. The van der Waals surface area contributed by atoms with Gasteiger partial charge in [-0.15, -0.1) is 0 Å². The van der Waals surface area contributed by atoms with Gasteiger partial charge in [-0.2, -0.15) is 0 Å². The zero-order valence-corrected chi connectivity index (χ0v) is 52.2. The first kappa shape index (κ1) is 76.3. The van der Waals surface area contributed by atoms with Gasteiger partial charge in [0.05, 0.1) is 32.0 Å². The van der Waals surface area contributed by atoms with Gasteiger partial charge in [-0.1, -0.05) is 269 Å². The van der Waals surface area contributed by atoms with Crippen LogP contribution in [0.2, 0.25) is 0 Å². The summed E-state index contributed by atoms with van der Waals surface area (Å²) in [5.41, 5.74) is 0. The number of rotatable bonds is 56. The molecule has 482 valence electrons. The zero-order chi connectivity index (χ0) is 59.5. The third-order valence-electron chi connectivity index (χ3n) is 16.8. The lowest BCUT2D eigenvalue weighted by atomic mass is 9.97. The molecule has 2 saturated heterocycles.